The number of anilines is 1. The second-order valence-corrected chi connectivity index (χ2v) is 6.01. The molecule has 21 heavy (non-hydrogen) atoms. The molecule has 1 aromatic carbocycles. The molecule has 0 bridgehead atoms. The van der Waals surface area contributed by atoms with Crippen molar-refractivity contribution in [2.45, 2.75) is 51.9 Å². The first-order chi connectivity index (χ1) is 10.1. The maximum Gasteiger partial charge on any atom is 0.299 e. The lowest BCUT2D eigenvalue weighted by Gasteiger charge is -2.16. The highest BCUT2D eigenvalue weighted by atomic mass is 35.5. The first kappa shape index (κ1) is 16.0. The van der Waals surface area contributed by atoms with Crippen LogP contribution in [0.3, 0.4) is 0 Å². The molecule has 0 aliphatic carbocycles. The molecule has 0 radical (unpaired) electrons. The summed E-state index contributed by atoms with van der Waals surface area (Å²) >= 11 is 5.89. The minimum atomic E-state index is -0.435. The van der Waals surface area contributed by atoms with Crippen LogP contribution in [0.1, 0.15) is 62.2 Å². The first-order valence-corrected chi connectivity index (χ1v) is 8.18. The van der Waals surface area contributed by atoms with E-state index in [0.29, 0.717) is 22.8 Å². The van der Waals surface area contributed by atoms with Gasteiger partial charge in [0.25, 0.3) is 11.7 Å². The highest BCUT2D eigenvalue weighted by Crippen LogP contribution is 2.31. The van der Waals surface area contributed by atoms with Crippen LogP contribution in [0, 0.1) is 0 Å². The normalized spacial score (nSPS) is 13.9. The lowest BCUT2D eigenvalue weighted by atomic mass is 10.1. The molecular weight excluding hydrogens is 286 g/mol. The summed E-state index contributed by atoms with van der Waals surface area (Å²) < 4.78 is 0. The van der Waals surface area contributed by atoms with Crippen molar-refractivity contribution in [3.05, 3.63) is 28.8 Å². The number of unbranched alkanes of at least 4 members (excludes halogenated alkanes) is 6. The third-order valence-electron chi connectivity index (χ3n) is 3.92. The van der Waals surface area contributed by atoms with Crippen molar-refractivity contribution in [1.82, 2.24) is 0 Å². The summed E-state index contributed by atoms with van der Waals surface area (Å²) in [5, 5.41) is 0.493. The van der Waals surface area contributed by atoms with Crippen molar-refractivity contribution in [3.8, 4) is 0 Å². The van der Waals surface area contributed by atoms with Crippen molar-refractivity contribution < 1.29 is 9.59 Å². The van der Waals surface area contributed by atoms with Crippen molar-refractivity contribution in [1.29, 1.82) is 0 Å². The summed E-state index contributed by atoms with van der Waals surface area (Å²) in [6.45, 7) is 2.83. The topological polar surface area (TPSA) is 37.4 Å². The Morgan fingerprint density at radius 3 is 2.38 bits per heavy atom. The van der Waals surface area contributed by atoms with Crippen LogP contribution in [-0.4, -0.2) is 18.2 Å². The molecule has 0 N–H and O–H groups in total. The predicted molar refractivity (Wildman–Crippen MR) is 86.1 cm³/mol. The Balaban J connectivity index is 1.84. The zero-order valence-electron chi connectivity index (χ0n) is 12.5. The molecule has 1 aliphatic rings. The summed E-state index contributed by atoms with van der Waals surface area (Å²) in [7, 11) is 0. The van der Waals surface area contributed by atoms with Gasteiger partial charge in [0.1, 0.15) is 0 Å². The monoisotopic (exact) mass is 307 g/mol. The minimum Gasteiger partial charge on any atom is -0.305 e. The fourth-order valence-electron chi connectivity index (χ4n) is 2.72. The molecule has 0 spiro atoms. The molecular formula is C17H22ClNO2. The van der Waals surface area contributed by atoms with E-state index in [9.17, 15) is 9.59 Å². The highest BCUT2D eigenvalue weighted by Gasteiger charge is 2.35. The largest absolute Gasteiger partial charge is 0.305 e. The summed E-state index contributed by atoms with van der Waals surface area (Å²) in [6.07, 6.45) is 8.34. The number of hydrogen-bond donors (Lipinski definition) is 0. The number of rotatable bonds is 8. The number of benzene rings is 1. The highest BCUT2D eigenvalue weighted by molar-refractivity contribution is 6.52. The smallest absolute Gasteiger partial charge is 0.299 e. The van der Waals surface area contributed by atoms with Crippen LogP contribution in [0.2, 0.25) is 5.02 Å². The molecule has 114 valence electrons. The molecule has 4 heteroatoms. The molecule has 1 amide bonds. The average molecular weight is 308 g/mol. The maximum atomic E-state index is 12.0. The summed E-state index contributed by atoms with van der Waals surface area (Å²) in [4.78, 5) is 25.5. The summed E-state index contributed by atoms with van der Waals surface area (Å²) in [6, 6.07) is 5.08. The van der Waals surface area contributed by atoms with Crippen molar-refractivity contribution >= 4 is 29.0 Å². The van der Waals surface area contributed by atoms with Crippen LogP contribution >= 0.6 is 11.6 Å². The van der Waals surface area contributed by atoms with Crippen molar-refractivity contribution in [2.75, 3.05) is 11.4 Å². The molecule has 3 nitrogen and oxygen atoms in total. The Morgan fingerprint density at radius 1 is 1.00 bits per heavy atom. The number of ketones is 1. The van der Waals surface area contributed by atoms with Crippen molar-refractivity contribution in [3.63, 3.8) is 0 Å². The average Bonchev–Trinajstić information content (AvgIpc) is 2.71. The number of nitrogens with zero attached hydrogens (tertiary/aromatic N) is 1. The molecule has 1 aromatic rings. The summed E-state index contributed by atoms with van der Waals surface area (Å²) in [5.74, 6) is -0.853. The lowest BCUT2D eigenvalue weighted by molar-refractivity contribution is -0.114. The number of fused-ring (bicyclic) bond motifs is 1. The fourth-order valence-corrected chi connectivity index (χ4v) is 2.89. The van der Waals surface area contributed by atoms with Gasteiger partial charge in [-0.05, 0) is 24.6 Å². The van der Waals surface area contributed by atoms with E-state index >= 15 is 0 Å². The molecule has 0 saturated heterocycles. The molecule has 1 aliphatic heterocycles. The first-order valence-electron chi connectivity index (χ1n) is 7.81. The SMILES string of the molecule is CCCCCCCCCN1C(=O)C(=O)c2cc(Cl)ccc21. The fraction of sp³-hybridized carbons (Fsp3) is 0.529. The Labute approximate surface area is 131 Å². The Bertz CT molecular complexity index is 528. The molecule has 0 fully saturated rings. The Hall–Kier alpha value is -1.35. The molecule has 1 heterocycles. The van der Waals surface area contributed by atoms with Crippen LogP contribution in [0.15, 0.2) is 18.2 Å². The second-order valence-electron chi connectivity index (χ2n) is 5.57. The van der Waals surface area contributed by atoms with Gasteiger partial charge in [0.05, 0.1) is 11.3 Å². The van der Waals surface area contributed by atoms with Gasteiger partial charge >= 0.3 is 0 Å². The van der Waals surface area contributed by atoms with Gasteiger partial charge in [0.2, 0.25) is 0 Å². The lowest BCUT2D eigenvalue weighted by Crippen LogP contribution is -2.30. The number of hydrogen-bond acceptors (Lipinski definition) is 2. The third kappa shape index (κ3) is 3.85. The molecule has 2 rings (SSSR count). The summed E-state index contributed by atoms with van der Waals surface area (Å²) in [5.41, 5.74) is 1.15. The number of carbonyl (C=O) groups is 2. The molecule has 0 unspecified atom stereocenters. The quantitative estimate of drug-likeness (QED) is 0.519. The molecule has 0 atom stereocenters. The van der Waals surface area contributed by atoms with Gasteiger partial charge in [-0.3, -0.25) is 9.59 Å². The van der Waals surface area contributed by atoms with Gasteiger partial charge in [-0.15, -0.1) is 0 Å². The second kappa shape index (κ2) is 7.60. The van der Waals surface area contributed by atoms with Gasteiger partial charge < -0.3 is 4.90 Å². The van der Waals surface area contributed by atoms with Gasteiger partial charge in [0, 0.05) is 11.6 Å². The molecule has 0 aromatic heterocycles. The van der Waals surface area contributed by atoms with E-state index in [2.05, 4.69) is 6.92 Å². The van der Waals surface area contributed by atoms with E-state index < -0.39 is 11.7 Å². The van der Waals surface area contributed by atoms with E-state index in [4.69, 9.17) is 11.6 Å². The van der Waals surface area contributed by atoms with E-state index in [1.54, 1.807) is 23.1 Å². The van der Waals surface area contributed by atoms with Crippen LogP contribution in [0.5, 0.6) is 0 Å². The number of carbonyl (C=O) groups excluding carboxylic acids is 2. The van der Waals surface area contributed by atoms with Gasteiger partial charge in [0.15, 0.2) is 0 Å². The Morgan fingerprint density at radius 2 is 1.67 bits per heavy atom. The third-order valence-corrected chi connectivity index (χ3v) is 4.15. The van der Waals surface area contributed by atoms with Gasteiger partial charge in [-0.25, -0.2) is 0 Å². The zero-order chi connectivity index (χ0) is 15.2. The minimum absolute atomic E-state index is 0.418. The van der Waals surface area contributed by atoms with Crippen LogP contribution in [0.25, 0.3) is 0 Å². The van der Waals surface area contributed by atoms with Gasteiger partial charge in [-0.1, -0.05) is 57.0 Å². The number of amides is 1. The van der Waals surface area contributed by atoms with Gasteiger partial charge in [-0.2, -0.15) is 0 Å². The van der Waals surface area contributed by atoms with Crippen LogP contribution < -0.4 is 4.90 Å². The van der Waals surface area contributed by atoms with E-state index in [0.717, 1.165) is 12.8 Å². The maximum absolute atomic E-state index is 12.0. The number of Topliss-reactive ketones (excluding diaryl/α,β-unsaturated/α-hetero) is 1. The zero-order valence-corrected chi connectivity index (χ0v) is 13.3. The van der Waals surface area contributed by atoms with Crippen LogP contribution in [0.4, 0.5) is 5.69 Å². The van der Waals surface area contributed by atoms with E-state index in [-0.39, 0.29) is 0 Å². The number of halogens is 1. The Kier molecular flexibility index (Phi) is 5.80. The van der Waals surface area contributed by atoms with Crippen molar-refractivity contribution in [2.24, 2.45) is 0 Å². The molecule has 0 saturated carbocycles. The van der Waals surface area contributed by atoms with Crippen LogP contribution in [-0.2, 0) is 4.79 Å². The van der Waals surface area contributed by atoms with E-state index in [1.807, 2.05) is 0 Å². The standard InChI is InChI=1S/C17H22ClNO2/c1-2-3-4-5-6-7-8-11-19-15-10-9-13(18)12-14(15)16(20)17(19)21/h9-10,12H,2-8,11H2,1H3. The van der Waals surface area contributed by atoms with E-state index in [1.165, 1.54) is 32.1 Å². The predicted octanol–water partition coefficient (Wildman–Crippen LogP) is 4.62.